The number of benzene rings is 1. The zero-order chi connectivity index (χ0) is 14.5. The molecule has 2 rings (SSSR count). The van der Waals surface area contributed by atoms with E-state index in [0.29, 0.717) is 11.3 Å². The Labute approximate surface area is 115 Å². The molecule has 0 aliphatic heterocycles. The molecule has 1 aromatic carbocycles. The van der Waals surface area contributed by atoms with Crippen molar-refractivity contribution in [2.24, 2.45) is 0 Å². The van der Waals surface area contributed by atoms with Crippen molar-refractivity contribution in [2.45, 2.75) is 0 Å². The van der Waals surface area contributed by atoms with E-state index in [2.05, 4.69) is 16.9 Å². The molecule has 0 spiro atoms. The lowest BCUT2D eigenvalue weighted by molar-refractivity contribution is 0.0956. The second-order valence-corrected chi connectivity index (χ2v) is 4.12. The monoisotopic (exact) mass is 272 g/mol. The summed E-state index contributed by atoms with van der Waals surface area (Å²) in [4.78, 5) is 26.2. The van der Waals surface area contributed by atoms with Crippen molar-refractivity contribution in [2.75, 3.05) is 6.54 Å². The zero-order valence-electron chi connectivity index (χ0n) is 10.7. The summed E-state index contributed by atoms with van der Waals surface area (Å²) in [7, 11) is 0. The molecule has 1 heterocycles. The van der Waals surface area contributed by atoms with E-state index in [-0.39, 0.29) is 17.9 Å². The molecule has 4 nitrogen and oxygen atoms in total. The minimum absolute atomic E-state index is 0.0257. The third-order valence-electron chi connectivity index (χ3n) is 2.72. The van der Waals surface area contributed by atoms with E-state index in [4.69, 9.17) is 0 Å². The van der Waals surface area contributed by atoms with Crippen LogP contribution in [0.4, 0.5) is 4.39 Å². The number of amides is 1. The second kappa shape index (κ2) is 5.97. The molecular weight excluding hydrogens is 259 g/mol. The first-order valence-corrected chi connectivity index (χ1v) is 6.00. The molecule has 0 unspecified atom stereocenters. The predicted octanol–water partition coefficient (Wildman–Crippen LogP) is 2.10. The predicted molar refractivity (Wildman–Crippen MR) is 75.0 cm³/mol. The summed E-state index contributed by atoms with van der Waals surface area (Å²) in [5.41, 5.74) is 0.725. The Hall–Kier alpha value is -2.69. The fraction of sp³-hybridized carbons (Fsp3) is 0.0667. The van der Waals surface area contributed by atoms with Crippen LogP contribution in [0.5, 0.6) is 0 Å². The maximum Gasteiger partial charge on any atom is 0.261 e. The van der Waals surface area contributed by atoms with Gasteiger partial charge in [-0.25, -0.2) is 4.39 Å². The van der Waals surface area contributed by atoms with Crippen LogP contribution in [0.1, 0.15) is 10.4 Å². The maximum absolute atomic E-state index is 12.8. The van der Waals surface area contributed by atoms with Crippen molar-refractivity contribution in [1.82, 2.24) is 10.3 Å². The number of nitrogens with one attached hydrogen (secondary N) is 2. The molecule has 0 aliphatic rings. The number of pyridine rings is 1. The van der Waals surface area contributed by atoms with Crippen LogP contribution in [0, 0.1) is 5.82 Å². The van der Waals surface area contributed by atoms with Crippen LogP contribution >= 0.6 is 0 Å². The van der Waals surface area contributed by atoms with Crippen LogP contribution < -0.4 is 10.9 Å². The summed E-state index contributed by atoms with van der Waals surface area (Å²) in [5.74, 6) is -0.812. The number of hydrogen-bond donors (Lipinski definition) is 2. The van der Waals surface area contributed by atoms with Gasteiger partial charge in [-0.3, -0.25) is 9.59 Å². The van der Waals surface area contributed by atoms with Gasteiger partial charge in [-0.2, -0.15) is 0 Å². The smallest absolute Gasteiger partial charge is 0.261 e. The number of halogens is 1. The Balaban J connectivity index is 2.30. The summed E-state index contributed by atoms with van der Waals surface area (Å²) in [6.07, 6.45) is 1.53. The fourth-order valence-electron chi connectivity index (χ4n) is 1.71. The molecule has 2 aromatic rings. The van der Waals surface area contributed by atoms with E-state index in [1.165, 1.54) is 24.3 Å². The summed E-state index contributed by atoms with van der Waals surface area (Å²) in [5, 5.41) is 2.53. The molecular formula is C15H13FN2O2. The number of hydrogen-bond acceptors (Lipinski definition) is 2. The lowest BCUT2D eigenvalue weighted by Gasteiger charge is -2.04. The van der Waals surface area contributed by atoms with Crippen molar-refractivity contribution in [3.05, 3.63) is 70.8 Å². The summed E-state index contributed by atoms with van der Waals surface area (Å²) < 4.78 is 12.8. The number of rotatable bonds is 4. The van der Waals surface area contributed by atoms with Crippen molar-refractivity contribution < 1.29 is 9.18 Å². The maximum atomic E-state index is 12.8. The Morgan fingerprint density at radius 2 is 1.95 bits per heavy atom. The van der Waals surface area contributed by atoms with Crippen LogP contribution in [0.25, 0.3) is 11.3 Å². The highest BCUT2D eigenvalue weighted by atomic mass is 19.1. The molecule has 1 aromatic heterocycles. The van der Waals surface area contributed by atoms with Gasteiger partial charge in [0.1, 0.15) is 11.4 Å². The molecule has 2 N–H and O–H groups in total. The van der Waals surface area contributed by atoms with E-state index < -0.39 is 11.5 Å². The Bertz CT molecular complexity index is 690. The third kappa shape index (κ3) is 3.00. The summed E-state index contributed by atoms with van der Waals surface area (Å²) in [6, 6.07) is 8.76. The molecule has 0 saturated carbocycles. The van der Waals surface area contributed by atoms with Crippen LogP contribution in [0.15, 0.2) is 53.8 Å². The number of carbonyl (C=O) groups excluding carboxylic acids is 1. The summed E-state index contributed by atoms with van der Waals surface area (Å²) in [6.45, 7) is 3.77. The number of H-pyrrole nitrogens is 1. The van der Waals surface area contributed by atoms with Crippen LogP contribution in [-0.2, 0) is 0 Å². The molecule has 0 fully saturated rings. The lowest BCUT2D eigenvalue weighted by Crippen LogP contribution is -2.29. The van der Waals surface area contributed by atoms with E-state index in [1.54, 1.807) is 18.2 Å². The van der Waals surface area contributed by atoms with Crippen molar-refractivity contribution >= 4 is 5.91 Å². The van der Waals surface area contributed by atoms with Crippen LogP contribution in [-0.4, -0.2) is 17.4 Å². The van der Waals surface area contributed by atoms with E-state index >= 15 is 0 Å². The first-order valence-electron chi connectivity index (χ1n) is 6.00. The molecule has 0 saturated heterocycles. The standard InChI is InChI=1S/C15H13FN2O2/c1-2-9-17-14(19)12-7-8-13(18-15(12)20)10-3-5-11(16)6-4-10/h2-8H,1,9H2,(H,17,19)(H,18,20). The van der Waals surface area contributed by atoms with E-state index in [9.17, 15) is 14.0 Å². The molecule has 0 atom stereocenters. The average Bonchev–Trinajstić information content (AvgIpc) is 2.45. The largest absolute Gasteiger partial charge is 0.348 e. The van der Waals surface area contributed by atoms with Gasteiger partial charge in [-0.1, -0.05) is 6.08 Å². The van der Waals surface area contributed by atoms with Crippen molar-refractivity contribution in [3.8, 4) is 11.3 Å². The first-order chi connectivity index (χ1) is 9.61. The number of aromatic amines is 1. The van der Waals surface area contributed by atoms with Gasteiger partial charge in [0.15, 0.2) is 0 Å². The SMILES string of the molecule is C=CCNC(=O)c1ccc(-c2ccc(F)cc2)[nH]c1=O. The summed E-state index contributed by atoms with van der Waals surface area (Å²) >= 11 is 0. The number of carbonyl (C=O) groups is 1. The van der Waals surface area contributed by atoms with Crippen molar-refractivity contribution in [1.29, 1.82) is 0 Å². The van der Waals surface area contributed by atoms with Crippen molar-refractivity contribution in [3.63, 3.8) is 0 Å². The topological polar surface area (TPSA) is 62.0 Å². The molecule has 20 heavy (non-hydrogen) atoms. The van der Waals surface area contributed by atoms with Crippen LogP contribution in [0.2, 0.25) is 0 Å². The molecule has 0 aliphatic carbocycles. The van der Waals surface area contributed by atoms with Gasteiger partial charge in [-0.15, -0.1) is 6.58 Å². The normalized spacial score (nSPS) is 10.1. The Kier molecular flexibility index (Phi) is 4.10. The minimum atomic E-state index is -0.492. The highest BCUT2D eigenvalue weighted by Gasteiger charge is 2.10. The first kappa shape index (κ1) is 13.7. The van der Waals surface area contributed by atoms with Gasteiger partial charge in [0, 0.05) is 12.2 Å². The van der Waals surface area contributed by atoms with Gasteiger partial charge >= 0.3 is 0 Å². The quantitative estimate of drug-likeness (QED) is 0.837. The minimum Gasteiger partial charge on any atom is -0.348 e. The van der Waals surface area contributed by atoms with Gasteiger partial charge < -0.3 is 10.3 Å². The van der Waals surface area contributed by atoms with Gasteiger partial charge in [-0.05, 0) is 42.0 Å². The zero-order valence-corrected chi connectivity index (χ0v) is 10.7. The van der Waals surface area contributed by atoms with Gasteiger partial charge in [0.25, 0.3) is 11.5 Å². The molecule has 5 heteroatoms. The van der Waals surface area contributed by atoms with E-state index in [1.807, 2.05) is 0 Å². The highest BCUT2D eigenvalue weighted by Crippen LogP contribution is 2.15. The molecule has 0 bridgehead atoms. The average molecular weight is 272 g/mol. The third-order valence-corrected chi connectivity index (χ3v) is 2.72. The molecule has 102 valence electrons. The lowest BCUT2D eigenvalue weighted by atomic mass is 10.1. The van der Waals surface area contributed by atoms with Gasteiger partial charge in [0.05, 0.1) is 0 Å². The second-order valence-electron chi connectivity index (χ2n) is 4.12. The number of aromatic nitrogens is 1. The fourth-order valence-corrected chi connectivity index (χ4v) is 1.71. The highest BCUT2D eigenvalue weighted by molar-refractivity contribution is 5.94. The van der Waals surface area contributed by atoms with E-state index in [0.717, 1.165) is 0 Å². The molecule has 0 radical (unpaired) electrons. The van der Waals surface area contributed by atoms with Crippen LogP contribution in [0.3, 0.4) is 0 Å². The molecule has 1 amide bonds. The Morgan fingerprint density at radius 1 is 1.25 bits per heavy atom. The van der Waals surface area contributed by atoms with Gasteiger partial charge in [0.2, 0.25) is 0 Å². The Morgan fingerprint density at radius 3 is 2.55 bits per heavy atom.